The van der Waals surface area contributed by atoms with Crippen LogP contribution in [0.5, 0.6) is 0 Å². The lowest BCUT2D eigenvalue weighted by Crippen LogP contribution is -2.32. The van der Waals surface area contributed by atoms with Crippen molar-refractivity contribution in [3.63, 3.8) is 0 Å². The molecule has 1 aromatic rings. The highest BCUT2D eigenvalue weighted by molar-refractivity contribution is 5.77. The third-order valence-electron chi connectivity index (χ3n) is 2.41. The molecule has 1 rings (SSSR count). The molecular weight excluding hydrogens is 192 g/mol. The Kier molecular flexibility index (Phi) is 4.24. The second-order valence-electron chi connectivity index (χ2n) is 3.40. The zero-order valence-corrected chi connectivity index (χ0v) is 9.30. The Labute approximate surface area is 89.9 Å². The first-order valence-corrected chi connectivity index (χ1v) is 4.81. The van der Waals surface area contributed by atoms with Gasteiger partial charge in [0.2, 0.25) is 5.91 Å². The minimum atomic E-state index is -0.0335. The van der Waals surface area contributed by atoms with Crippen molar-refractivity contribution in [2.45, 2.75) is 13.0 Å². The Morgan fingerprint density at radius 2 is 2.40 bits per heavy atom. The minimum absolute atomic E-state index is 0.0151. The number of pyridine rings is 1. The van der Waals surface area contributed by atoms with E-state index in [1.54, 1.807) is 24.3 Å². The maximum atomic E-state index is 11.5. The van der Waals surface area contributed by atoms with E-state index >= 15 is 0 Å². The van der Waals surface area contributed by atoms with E-state index in [1.807, 2.05) is 19.1 Å². The molecule has 0 N–H and O–H groups in total. The summed E-state index contributed by atoms with van der Waals surface area (Å²) in [5.41, 5.74) is 1.02. The number of carbonyl (C=O) groups is 1. The van der Waals surface area contributed by atoms with Crippen molar-refractivity contribution in [3.8, 4) is 0 Å². The van der Waals surface area contributed by atoms with Gasteiger partial charge in [-0.05, 0) is 18.6 Å². The monoisotopic (exact) mass is 208 g/mol. The zero-order valence-electron chi connectivity index (χ0n) is 9.30. The van der Waals surface area contributed by atoms with Gasteiger partial charge in [-0.2, -0.15) is 0 Å². The molecule has 0 saturated heterocycles. The summed E-state index contributed by atoms with van der Waals surface area (Å²) < 4.78 is 4.80. The normalized spacial score (nSPS) is 12.2. The van der Waals surface area contributed by atoms with Crippen molar-refractivity contribution in [3.05, 3.63) is 30.1 Å². The number of aromatic nitrogens is 1. The lowest BCUT2D eigenvalue weighted by molar-refractivity contribution is -0.135. The van der Waals surface area contributed by atoms with Gasteiger partial charge in [0, 0.05) is 26.6 Å². The molecule has 1 atom stereocenters. The summed E-state index contributed by atoms with van der Waals surface area (Å²) in [6, 6.07) is 3.83. The van der Waals surface area contributed by atoms with Crippen LogP contribution in [-0.2, 0) is 9.53 Å². The van der Waals surface area contributed by atoms with Crippen molar-refractivity contribution in [1.82, 2.24) is 9.88 Å². The molecule has 0 saturated carbocycles. The molecule has 0 aliphatic heterocycles. The fourth-order valence-electron chi connectivity index (χ4n) is 1.29. The Bertz CT molecular complexity index is 314. The third kappa shape index (κ3) is 3.02. The van der Waals surface area contributed by atoms with E-state index in [-0.39, 0.29) is 18.6 Å². The van der Waals surface area contributed by atoms with E-state index in [0.29, 0.717) is 0 Å². The quantitative estimate of drug-likeness (QED) is 0.747. The maximum Gasteiger partial charge on any atom is 0.248 e. The van der Waals surface area contributed by atoms with Crippen LogP contribution in [-0.4, -0.2) is 36.6 Å². The third-order valence-corrected chi connectivity index (χ3v) is 2.41. The number of ether oxygens (including phenoxy) is 1. The van der Waals surface area contributed by atoms with Gasteiger partial charge in [0.25, 0.3) is 0 Å². The van der Waals surface area contributed by atoms with Gasteiger partial charge in [-0.3, -0.25) is 9.78 Å². The van der Waals surface area contributed by atoms with Crippen LogP contribution in [0.3, 0.4) is 0 Å². The molecule has 0 aromatic carbocycles. The van der Waals surface area contributed by atoms with Crippen LogP contribution >= 0.6 is 0 Å². The van der Waals surface area contributed by atoms with Crippen LogP contribution in [0.1, 0.15) is 18.5 Å². The Hall–Kier alpha value is -1.42. The number of hydrogen-bond acceptors (Lipinski definition) is 3. The molecule has 1 aromatic heterocycles. The van der Waals surface area contributed by atoms with Crippen LogP contribution in [0.2, 0.25) is 0 Å². The second kappa shape index (κ2) is 5.46. The molecule has 0 aliphatic carbocycles. The SMILES string of the molecule is COCC(=O)N(C)[C@@H](C)c1cccnc1. The molecule has 0 spiro atoms. The fraction of sp³-hybridized carbons (Fsp3) is 0.455. The molecule has 0 unspecified atom stereocenters. The van der Waals surface area contributed by atoms with E-state index in [0.717, 1.165) is 5.56 Å². The molecule has 4 heteroatoms. The highest BCUT2D eigenvalue weighted by atomic mass is 16.5. The summed E-state index contributed by atoms with van der Waals surface area (Å²) in [7, 11) is 3.28. The highest BCUT2D eigenvalue weighted by Gasteiger charge is 2.16. The van der Waals surface area contributed by atoms with Crippen molar-refractivity contribution in [1.29, 1.82) is 0 Å². The van der Waals surface area contributed by atoms with Crippen LogP contribution in [0.4, 0.5) is 0 Å². The average Bonchev–Trinajstić information content (AvgIpc) is 2.28. The molecule has 4 nitrogen and oxygen atoms in total. The van der Waals surface area contributed by atoms with Crippen molar-refractivity contribution < 1.29 is 9.53 Å². The van der Waals surface area contributed by atoms with E-state index in [2.05, 4.69) is 4.98 Å². The topological polar surface area (TPSA) is 42.4 Å². The summed E-state index contributed by atoms with van der Waals surface area (Å²) in [4.78, 5) is 17.2. The first-order chi connectivity index (χ1) is 7.16. The van der Waals surface area contributed by atoms with Crippen LogP contribution in [0, 0.1) is 0 Å². The molecule has 82 valence electrons. The molecule has 0 fully saturated rings. The number of rotatable bonds is 4. The summed E-state index contributed by atoms with van der Waals surface area (Å²) in [5, 5.41) is 0. The average molecular weight is 208 g/mol. The Morgan fingerprint density at radius 1 is 1.67 bits per heavy atom. The predicted molar refractivity (Wildman–Crippen MR) is 57.3 cm³/mol. The smallest absolute Gasteiger partial charge is 0.248 e. The molecule has 15 heavy (non-hydrogen) atoms. The van der Waals surface area contributed by atoms with Gasteiger partial charge in [0.1, 0.15) is 6.61 Å². The van der Waals surface area contributed by atoms with Crippen LogP contribution < -0.4 is 0 Å². The largest absolute Gasteiger partial charge is 0.375 e. The zero-order chi connectivity index (χ0) is 11.3. The van der Waals surface area contributed by atoms with Gasteiger partial charge in [0.15, 0.2) is 0 Å². The number of carbonyl (C=O) groups excluding carboxylic acids is 1. The van der Waals surface area contributed by atoms with Gasteiger partial charge in [0.05, 0.1) is 6.04 Å². The lowest BCUT2D eigenvalue weighted by Gasteiger charge is -2.24. The fourth-order valence-corrected chi connectivity index (χ4v) is 1.29. The van der Waals surface area contributed by atoms with E-state index in [9.17, 15) is 4.79 Å². The minimum Gasteiger partial charge on any atom is -0.375 e. The number of hydrogen-bond donors (Lipinski definition) is 0. The molecule has 1 heterocycles. The first-order valence-electron chi connectivity index (χ1n) is 4.81. The van der Waals surface area contributed by atoms with Crippen LogP contribution in [0.25, 0.3) is 0 Å². The van der Waals surface area contributed by atoms with Crippen molar-refractivity contribution >= 4 is 5.91 Å². The highest BCUT2D eigenvalue weighted by Crippen LogP contribution is 2.16. The molecule has 1 amide bonds. The molecule has 0 bridgehead atoms. The number of likely N-dealkylation sites (N-methyl/N-ethyl adjacent to an activating group) is 1. The van der Waals surface area contributed by atoms with E-state index in [4.69, 9.17) is 4.74 Å². The van der Waals surface area contributed by atoms with Gasteiger partial charge < -0.3 is 9.64 Å². The van der Waals surface area contributed by atoms with Gasteiger partial charge >= 0.3 is 0 Å². The number of methoxy groups -OCH3 is 1. The van der Waals surface area contributed by atoms with E-state index in [1.165, 1.54) is 7.11 Å². The van der Waals surface area contributed by atoms with Gasteiger partial charge in [-0.1, -0.05) is 6.07 Å². The Balaban J connectivity index is 2.68. The first kappa shape index (κ1) is 11.7. The standard InChI is InChI=1S/C11H16N2O2/c1-9(10-5-4-6-12-7-10)13(2)11(14)8-15-3/h4-7,9H,8H2,1-3H3/t9-/m0/s1. The molecule has 0 aliphatic rings. The van der Waals surface area contributed by atoms with Gasteiger partial charge in [-0.15, -0.1) is 0 Å². The maximum absolute atomic E-state index is 11.5. The summed E-state index contributed by atoms with van der Waals surface area (Å²) in [6.45, 7) is 2.08. The Morgan fingerprint density at radius 3 is 2.93 bits per heavy atom. The predicted octanol–water partition coefficient (Wildman–Crippen LogP) is 1.25. The van der Waals surface area contributed by atoms with Gasteiger partial charge in [-0.25, -0.2) is 0 Å². The van der Waals surface area contributed by atoms with E-state index < -0.39 is 0 Å². The number of nitrogens with zero attached hydrogens (tertiary/aromatic N) is 2. The van der Waals surface area contributed by atoms with Crippen molar-refractivity contribution in [2.24, 2.45) is 0 Å². The second-order valence-corrected chi connectivity index (χ2v) is 3.40. The summed E-state index contributed by atoms with van der Waals surface area (Å²) in [6.07, 6.45) is 3.48. The lowest BCUT2D eigenvalue weighted by atomic mass is 10.1. The summed E-state index contributed by atoms with van der Waals surface area (Å²) in [5.74, 6) is -0.0335. The molecular formula is C11H16N2O2. The number of amides is 1. The molecule has 0 radical (unpaired) electrons. The van der Waals surface area contributed by atoms with Crippen molar-refractivity contribution in [2.75, 3.05) is 20.8 Å². The summed E-state index contributed by atoms with van der Waals surface area (Å²) >= 11 is 0. The van der Waals surface area contributed by atoms with Crippen LogP contribution in [0.15, 0.2) is 24.5 Å².